The molecule has 162 valence electrons. The lowest BCUT2D eigenvalue weighted by molar-refractivity contribution is 0.114. The molecule has 1 aliphatic heterocycles. The van der Waals surface area contributed by atoms with Crippen molar-refractivity contribution in [3.63, 3.8) is 0 Å². The maximum atomic E-state index is 13.4. The summed E-state index contributed by atoms with van der Waals surface area (Å²) in [5.41, 5.74) is 3.23. The molecule has 3 heterocycles. The van der Waals surface area contributed by atoms with Gasteiger partial charge in [0.2, 0.25) is 0 Å². The lowest BCUT2D eigenvalue weighted by Crippen LogP contribution is -2.29. The fourth-order valence-corrected chi connectivity index (χ4v) is 3.94. The minimum absolute atomic E-state index is 0.220. The molecule has 3 aromatic rings. The van der Waals surface area contributed by atoms with Gasteiger partial charge in [0.1, 0.15) is 11.6 Å². The predicted octanol–water partition coefficient (Wildman–Crippen LogP) is 4.39. The normalized spacial score (nSPS) is 16.0. The van der Waals surface area contributed by atoms with E-state index in [1.165, 1.54) is 12.1 Å². The van der Waals surface area contributed by atoms with Crippen molar-refractivity contribution >= 4 is 6.09 Å². The van der Waals surface area contributed by atoms with Crippen molar-refractivity contribution < 1.29 is 13.9 Å². The van der Waals surface area contributed by atoms with Crippen LogP contribution < -0.4 is 0 Å². The van der Waals surface area contributed by atoms with Crippen LogP contribution in [0.15, 0.2) is 36.7 Å². The number of aromatic nitrogens is 4. The van der Waals surface area contributed by atoms with Crippen LogP contribution in [0.4, 0.5) is 9.18 Å². The van der Waals surface area contributed by atoms with E-state index in [4.69, 9.17) is 9.72 Å². The first-order valence-electron chi connectivity index (χ1n) is 10.6. The van der Waals surface area contributed by atoms with Gasteiger partial charge >= 0.3 is 6.09 Å². The Balaban J connectivity index is 1.38. The molecule has 0 saturated carbocycles. The van der Waals surface area contributed by atoms with Crippen LogP contribution >= 0.6 is 0 Å². The lowest BCUT2D eigenvalue weighted by atomic mass is 10.0. The zero-order valence-corrected chi connectivity index (χ0v) is 17.8. The second-order valence-corrected chi connectivity index (χ2v) is 7.80. The van der Waals surface area contributed by atoms with Crippen molar-refractivity contribution in [2.24, 2.45) is 5.92 Å². The molecule has 1 unspecified atom stereocenters. The fourth-order valence-electron chi connectivity index (χ4n) is 3.94. The summed E-state index contributed by atoms with van der Waals surface area (Å²) in [6.07, 6.45) is 5.97. The highest BCUT2D eigenvalue weighted by molar-refractivity contribution is 5.68. The lowest BCUT2D eigenvalue weighted by Gasteiger charge is -2.15. The maximum Gasteiger partial charge on any atom is 0.409 e. The Kier molecular flexibility index (Phi) is 6.25. The van der Waals surface area contributed by atoms with E-state index in [1.54, 1.807) is 29.4 Å². The predicted molar refractivity (Wildman–Crippen MR) is 115 cm³/mol. The molecule has 31 heavy (non-hydrogen) atoms. The van der Waals surface area contributed by atoms with E-state index in [0.717, 1.165) is 55.1 Å². The summed E-state index contributed by atoms with van der Waals surface area (Å²) in [5.74, 6) is 1.53. The second-order valence-electron chi connectivity index (χ2n) is 7.80. The molecular formula is C23H26FN5O2. The van der Waals surface area contributed by atoms with Gasteiger partial charge in [-0.2, -0.15) is 0 Å². The summed E-state index contributed by atoms with van der Waals surface area (Å²) >= 11 is 0. The van der Waals surface area contributed by atoms with Gasteiger partial charge in [0.15, 0.2) is 5.82 Å². The Hall–Kier alpha value is -3.29. The van der Waals surface area contributed by atoms with Gasteiger partial charge in [-0.05, 0) is 44.7 Å². The van der Waals surface area contributed by atoms with E-state index in [1.807, 2.05) is 13.8 Å². The minimum atomic E-state index is -0.314. The molecule has 1 saturated heterocycles. The number of likely N-dealkylation sites (tertiary alicyclic amines) is 1. The van der Waals surface area contributed by atoms with E-state index < -0.39 is 0 Å². The van der Waals surface area contributed by atoms with Gasteiger partial charge in [0.05, 0.1) is 12.3 Å². The monoisotopic (exact) mass is 423 g/mol. The summed E-state index contributed by atoms with van der Waals surface area (Å²) < 4.78 is 18.5. The van der Waals surface area contributed by atoms with Crippen molar-refractivity contribution in [1.82, 2.24) is 24.8 Å². The topological polar surface area (TPSA) is 84.0 Å². The highest BCUT2D eigenvalue weighted by Gasteiger charge is 2.27. The summed E-state index contributed by atoms with van der Waals surface area (Å²) in [6, 6.07) is 6.23. The first-order valence-corrected chi connectivity index (χ1v) is 10.6. The Bertz CT molecular complexity index is 1050. The average Bonchev–Trinajstić information content (AvgIpc) is 3.39. The standard InChI is InChI=1S/C23H26FN5O2/c1-3-31-23(30)29-10-9-16(14-29)7-8-20-27-15(2)21(28-20)18-12-25-22(26-13-18)17-5-4-6-19(24)11-17/h4-6,11-13,16H,3,7-10,14H2,1-2H3,(H,27,28). The third kappa shape index (κ3) is 4.90. The molecule has 1 atom stereocenters. The first-order chi connectivity index (χ1) is 15.0. The number of carbonyl (C=O) groups is 1. The number of ether oxygens (including phenoxy) is 1. The van der Waals surface area contributed by atoms with Gasteiger partial charge < -0.3 is 14.6 Å². The Labute approximate surface area is 180 Å². The molecule has 7 nitrogen and oxygen atoms in total. The molecule has 0 bridgehead atoms. The van der Waals surface area contributed by atoms with Crippen LogP contribution in [0.25, 0.3) is 22.6 Å². The van der Waals surface area contributed by atoms with Crippen molar-refractivity contribution in [1.29, 1.82) is 0 Å². The van der Waals surface area contributed by atoms with Crippen LogP contribution in [-0.2, 0) is 11.2 Å². The van der Waals surface area contributed by atoms with Gasteiger partial charge in [-0.25, -0.2) is 24.1 Å². The third-order valence-corrected chi connectivity index (χ3v) is 5.54. The number of nitrogens with one attached hydrogen (secondary N) is 1. The van der Waals surface area contributed by atoms with E-state index in [0.29, 0.717) is 23.9 Å². The number of imidazole rings is 1. The number of hydrogen-bond donors (Lipinski definition) is 1. The summed E-state index contributed by atoms with van der Waals surface area (Å²) in [7, 11) is 0. The number of aromatic amines is 1. The fraction of sp³-hybridized carbons (Fsp3) is 0.391. The molecule has 0 spiro atoms. The largest absolute Gasteiger partial charge is 0.450 e. The number of benzene rings is 1. The number of nitrogens with zero attached hydrogens (tertiary/aromatic N) is 4. The van der Waals surface area contributed by atoms with Crippen LogP contribution in [0.2, 0.25) is 0 Å². The summed E-state index contributed by atoms with van der Waals surface area (Å²) in [4.78, 5) is 30.5. The molecule has 1 fully saturated rings. The van der Waals surface area contributed by atoms with E-state index >= 15 is 0 Å². The van der Waals surface area contributed by atoms with Gasteiger partial charge in [-0.3, -0.25) is 0 Å². The number of aryl methyl sites for hydroxylation is 2. The average molecular weight is 423 g/mol. The molecule has 0 radical (unpaired) electrons. The van der Waals surface area contributed by atoms with E-state index in [2.05, 4.69) is 15.0 Å². The van der Waals surface area contributed by atoms with Crippen molar-refractivity contribution in [2.75, 3.05) is 19.7 Å². The number of hydrogen-bond acceptors (Lipinski definition) is 5. The Morgan fingerprint density at radius 2 is 2.10 bits per heavy atom. The maximum absolute atomic E-state index is 13.4. The van der Waals surface area contributed by atoms with Gasteiger partial charge in [-0.1, -0.05) is 12.1 Å². The molecule has 8 heteroatoms. The number of H-pyrrole nitrogens is 1. The van der Waals surface area contributed by atoms with Gasteiger partial charge in [0, 0.05) is 48.7 Å². The number of amides is 1. The van der Waals surface area contributed by atoms with E-state index in [9.17, 15) is 9.18 Å². The second kappa shape index (κ2) is 9.24. The molecule has 4 rings (SSSR count). The van der Waals surface area contributed by atoms with Crippen molar-refractivity contribution in [3.05, 3.63) is 54.0 Å². The Morgan fingerprint density at radius 3 is 2.84 bits per heavy atom. The molecule has 1 aliphatic rings. The first kappa shape index (κ1) is 21.0. The molecule has 1 N–H and O–H groups in total. The van der Waals surface area contributed by atoms with E-state index in [-0.39, 0.29) is 11.9 Å². The summed E-state index contributed by atoms with van der Waals surface area (Å²) in [5, 5.41) is 0. The highest BCUT2D eigenvalue weighted by Crippen LogP contribution is 2.25. The molecule has 1 aromatic carbocycles. The van der Waals surface area contributed by atoms with Crippen LogP contribution in [0.1, 0.15) is 31.3 Å². The molecular weight excluding hydrogens is 397 g/mol. The minimum Gasteiger partial charge on any atom is -0.450 e. The van der Waals surface area contributed by atoms with Gasteiger partial charge in [0.25, 0.3) is 0 Å². The van der Waals surface area contributed by atoms with Crippen molar-refractivity contribution in [2.45, 2.75) is 33.1 Å². The van der Waals surface area contributed by atoms with Crippen LogP contribution in [0.5, 0.6) is 0 Å². The zero-order valence-electron chi connectivity index (χ0n) is 17.8. The SMILES string of the molecule is CCOC(=O)N1CCC(CCc2nc(-c3cnc(-c4cccc(F)c4)nc3)c(C)[nH]2)C1. The van der Waals surface area contributed by atoms with Crippen molar-refractivity contribution in [3.8, 4) is 22.6 Å². The number of rotatable bonds is 6. The number of carbonyl (C=O) groups excluding carboxylic acids is 1. The molecule has 0 aliphatic carbocycles. The van der Waals surface area contributed by atoms with Gasteiger partial charge in [-0.15, -0.1) is 0 Å². The third-order valence-electron chi connectivity index (χ3n) is 5.54. The van der Waals surface area contributed by atoms with Crippen LogP contribution in [0.3, 0.4) is 0 Å². The number of halogens is 1. The molecule has 1 amide bonds. The highest BCUT2D eigenvalue weighted by atomic mass is 19.1. The Morgan fingerprint density at radius 1 is 1.29 bits per heavy atom. The van der Waals surface area contributed by atoms with Crippen LogP contribution in [0, 0.1) is 18.7 Å². The smallest absolute Gasteiger partial charge is 0.409 e. The summed E-state index contributed by atoms with van der Waals surface area (Å²) in [6.45, 7) is 5.69. The zero-order chi connectivity index (χ0) is 21.8. The quantitative estimate of drug-likeness (QED) is 0.636. The molecule has 2 aromatic heterocycles. The van der Waals surface area contributed by atoms with Crippen LogP contribution in [-0.4, -0.2) is 50.6 Å².